The number of carbonyl (C=O) groups is 2. The first-order valence-electron chi connectivity index (χ1n) is 5.30. The number of carboxylic acids is 1. The van der Waals surface area contributed by atoms with E-state index in [0.717, 1.165) is 6.92 Å². The molecule has 0 aliphatic heterocycles. The van der Waals surface area contributed by atoms with Crippen molar-refractivity contribution >= 4 is 12.0 Å². The van der Waals surface area contributed by atoms with Crippen LogP contribution in [0.15, 0.2) is 22.8 Å². The molecule has 0 radical (unpaired) electrons. The molecule has 3 N–H and O–H groups in total. The van der Waals surface area contributed by atoms with Crippen LogP contribution in [0.25, 0.3) is 0 Å². The summed E-state index contributed by atoms with van der Waals surface area (Å²) in [5.41, 5.74) is -1.98. The lowest BCUT2D eigenvalue weighted by molar-refractivity contribution is -0.155. The molecule has 0 spiro atoms. The maximum Gasteiger partial charge on any atom is 0.337 e. The first kappa shape index (κ1) is 14.0. The van der Waals surface area contributed by atoms with Crippen molar-refractivity contribution in [2.24, 2.45) is 0 Å². The summed E-state index contributed by atoms with van der Waals surface area (Å²) in [7, 11) is 1.54. The summed E-state index contributed by atoms with van der Waals surface area (Å²) in [6, 6.07) is 2.93. The number of urea groups is 1. The van der Waals surface area contributed by atoms with Gasteiger partial charge >= 0.3 is 12.0 Å². The maximum absolute atomic E-state index is 11.6. The molecule has 1 unspecified atom stereocenters. The lowest BCUT2D eigenvalue weighted by Gasteiger charge is -2.21. The minimum absolute atomic E-state index is 0.258. The Morgan fingerprint density at radius 2 is 2.22 bits per heavy atom. The normalized spacial score (nSPS) is 13.7. The van der Waals surface area contributed by atoms with Gasteiger partial charge in [-0.2, -0.15) is 0 Å². The smallest absolute Gasteiger partial charge is 0.337 e. The highest BCUT2D eigenvalue weighted by Crippen LogP contribution is 2.05. The third-order valence-corrected chi connectivity index (χ3v) is 2.36. The predicted octanol–water partition coefficient (Wildman–Crippen LogP) is 0.257. The lowest BCUT2D eigenvalue weighted by atomic mass is 10.1. The molecule has 0 saturated carbocycles. The van der Waals surface area contributed by atoms with E-state index in [0.29, 0.717) is 5.76 Å². The average Bonchev–Trinajstić information content (AvgIpc) is 2.78. The molecule has 0 aromatic carbocycles. The summed E-state index contributed by atoms with van der Waals surface area (Å²) < 4.78 is 5.07. The zero-order valence-electron chi connectivity index (χ0n) is 10.2. The van der Waals surface area contributed by atoms with Gasteiger partial charge in [-0.15, -0.1) is 0 Å². The van der Waals surface area contributed by atoms with Gasteiger partial charge in [0.05, 0.1) is 19.4 Å². The third-order valence-electron chi connectivity index (χ3n) is 2.36. The Bertz CT molecular complexity index is 413. The van der Waals surface area contributed by atoms with Crippen LogP contribution in [0, 0.1) is 0 Å². The van der Waals surface area contributed by atoms with E-state index in [9.17, 15) is 14.7 Å². The highest BCUT2D eigenvalue weighted by atomic mass is 16.4. The second-order valence-corrected chi connectivity index (χ2v) is 4.17. The van der Waals surface area contributed by atoms with E-state index in [1.807, 2.05) is 0 Å². The minimum Gasteiger partial charge on any atom is -0.479 e. The van der Waals surface area contributed by atoms with Gasteiger partial charge < -0.3 is 24.8 Å². The second kappa shape index (κ2) is 5.54. The Balaban J connectivity index is 2.43. The highest BCUT2D eigenvalue weighted by Gasteiger charge is 2.30. The molecule has 1 heterocycles. The molecule has 0 saturated heterocycles. The van der Waals surface area contributed by atoms with Crippen molar-refractivity contribution in [3.63, 3.8) is 0 Å². The Morgan fingerprint density at radius 3 is 2.72 bits per heavy atom. The van der Waals surface area contributed by atoms with Crippen molar-refractivity contribution in [3.05, 3.63) is 24.2 Å². The average molecular weight is 256 g/mol. The third kappa shape index (κ3) is 3.77. The largest absolute Gasteiger partial charge is 0.479 e. The summed E-state index contributed by atoms with van der Waals surface area (Å²) in [4.78, 5) is 23.6. The molecule has 100 valence electrons. The van der Waals surface area contributed by atoms with Crippen LogP contribution in [0.4, 0.5) is 4.79 Å². The molecule has 0 fully saturated rings. The summed E-state index contributed by atoms with van der Waals surface area (Å²) >= 11 is 0. The monoisotopic (exact) mass is 256 g/mol. The van der Waals surface area contributed by atoms with E-state index in [-0.39, 0.29) is 13.1 Å². The van der Waals surface area contributed by atoms with Crippen LogP contribution in [0.1, 0.15) is 12.7 Å². The van der Waals surface area contributed by atoms with Gasteiger partial charge in [0.1, 0.15) is 5.76 Å². The summed E-state index contributed by atoms with van der Waals surface area (Å²) in [6.07, 6.45) is 1.50. The van der Waals surface area contributed by atoms with Crippen LogP contribution in [0.3, 0.4) is 0 Å². The van der Waals surface area contributed by atoms with Crippen LogP contribution in [0.5, 0.6) is 0 Å². The topological polar surface area (TPSA) is 103 Å². The Hall–Kier alpha value is -2.02. The molecular weight excluding hydrogens is 240 g/mol. The Labute approximate surface area is 104 Å². The van der Waals surface area contributed by atoms with Crippen molar-refractivity contribution in [1.82, 2.24) is 10.2 Å². The van der Waals surface area contributed by atoms with Gasteiger partial charge in [-0.3, -0.25) is 0 Å². The molecule has 18 heavy (non-hydrogen) atoms. The first-order valence-corrected chi connectivity index (χ1v) is 5.30. The number of nitrogens with one attached hydrogen (secondary N) is 1. The fraction of sp³-hybridized carbons (Fsp3) is 0.455. The second-order valence-electron chi connectivity index (χ2n) is 4.17. The number of rotatable bonds is 5. The number of hydrogen-bond acceptors (Lipinski definition) is 4. The summed E-state index contributed by atoms with van der Waals surface area (Å²) in [6.45, 7) is 1.000. The molecule has 0 bridgehead atoms. The summed E-state index contributed by atoms with van der Waals surface area (Å²) in [5, 5.41) is 20.4. The highest BCUT2D eigenvalue weighted by molar-refractivity contribution is 5.79. The predicted molar refractivity (Wildman–Crippen MR) is 61.8 cm³/mol. The molecule has 1 aromatic rings. The van der Waals surface area contributed by atoms with Crippen LogP contribution >= 0.6 is 0 Å². The standard InChI is InChI=1S/C11H16N2O5/c1-11(17,9(14)15)7-12-10(16)13(2)6-8-4-3-5-18-8/h3-5,17H,6-7H2,1-2H3,(H,12,16)(H,14,15). The van der Waals surface area contributed by atoms with E-state index < -0.39 is 17.6 Å². The lowest BCUT2D eigenvalue weighted by Crippen LogP contribution is -2.49. The van der Waals surface area contributed by atoms with Gasteiger partial charge in [0, 0.05) is 7.05 Å². The fourth-order valence-corrected chi connectivity index (χ4v) is 1.17. The van der Waals surface area contributed by atoms with Gasteiger partial charge in [0.2, 0.25) is 0 Å². The van der Waals surface area contributed by atoms with Gasteiger partial charge in [-0.1, -0.05) is 0 Å². The van der Waals surface area contributed by atoms with E-state index in [1.54, 1.807) is 12.1 Å². The number of furan rings is 1. The van der Waals surface area contributed by atoms with E-state index >= 15 is 0 Å². The Morgan fingerprint density at radius 1 is 1.56 bits per heavy atom. The molecule has 1 aromatic heterocycles. The van der Waals surface area contributed by atoms with Gasteiger partial charge in [-0.05, 0) is 19.1 Å². The van der Waals surface area contributed by atoms with Gasteiger partial charge in [0.15, 0.2) is 5.60 Å². The van der Waals surface area contributed by atoms with Crippen molar-refractivity contribution in [1.29, 1.82) is 0 Å². The van der Waals surface area contributed by atoms with E-state index in [1.165, 1.54) is 18.2 Å². The van der Waals surface area contributed by atoms with Gasteiger partial charge in [-0.25, -0.2) is 9.59 Å². The van der Waals surface area contributed by atoms with Crippen molar-refractivity contribution in [3.8, 4) is 0 Å². The fourth-order valence-electron chi connectivity index (χ4n) is 1.17. The quantitative estimate of drug-likeness (QED) is 0.701. The molecular formula is C11H16N2O5. The van der Waals surface area contributed by atoms with Crippen LogP contribution in [-0.4, -0.2) is 46.3 Å². The molecule has 0 aliphatic rings. The van der Waals surface area contributed by atoms with E-state index in [2.05, 4.69) is 5.32 Å². The van der Waals surface area contributed by atoms with Crippen molar-refractivity contribution in [2.45, 2.75) is 19.1 Å². The first-order chi connectivity index (χ1) is 8.33. The number of nitrogens with zero attached hydrogens (tertiary/aromatic N) is 1. The van der Waals surface area contributed by atoms with Crippen LogP contribution in [0.2, 0.25) is 0 Å². The van der Waals surface area contributed by atoms with Crippen LogP contribution in [-0.2, 0) is 11.3 Å². The maximum atomic E-state index is 11.6. The molecule has 1 atom stereocenters. The molecule has 1 rings (SSSR count). The molecule has 7 heteroatoms. The number of carboxylic acid groups (broad SMARTS) is 1. The number of carbonyl (C=O) groups excluding carboxylic acids is 1. The molecule has 7 nitrogen and oxygen atoms in total. The van der Waals surface area contributed by atoms with E-state index in [4.69, 9.17) is 9.52 Å². The van der Waals surface area contributed by atoms with Crippen molar-refractivity contribution in [2.75, 3.05) is 13.6 Å². The molecule has 2 amide bonds. The van der Waals surface area contributed by atoms with Gasteiger partial charge in [0.25, 0.3) is 0 Å². The minimum atomic E-state index is -1.98. The number of aliphatic carboxylic acids is 1. The Kier molecular flexibility index (Phi) is 4.33. The number of aliphatic hydroxyl groups is 1. The van der Waals surface area contributed by atoms with Crippen LogP contribution < -0.4 is 5.32 Å². The van der Waals surface area contributed by atoms with Crippen molar-refractivity contribution < 1.29 is 24.2 Å². The SMILES string of the molecule is CN(Cc1ccco1)C(=O)NCC(C)(O)C(=O)O. The number of hydrogen-bond donors (Lipinski definition) is 3. The zero-order valence-corrected chi connectivity index (χ0v) is 10.2. The molecule has 0 aliphatic carbocycles. The zero-order chi connectivity index (χ0) is 13.8. The number of amides is 2. The summed E-state index contributed by atoms with van der Waals surface area (Å²) in [5.74, 6) is -0.783.